The van der Waals surface area contributed by atoms with Gasteiger partial charge in [0.1, 0.15) is 0 Å². The molecule has 1 heterocycles. The van der Waals surface area contributed by atoms with E-state index in [1.54, 1.807) is 13.3 Å². The Balaban J connectivity index is 0.00000225. The van der Waals surface area contributed by atoms with Crippen LogP contribution in [0.1, 0.15) is 11.3 Å². The topological polar surface area (TPSA) is 88.3 Å². The third-order valence-electron chi connectivity index (χ3n) is 1.97. The summed E-state index contributed by atoms with van der Waals surface area (Å²) in [5.74, 6) is 0.424. The fraction of sp³-hybridized carbons (Fsp3) is 0.556. The summed E-state index contributed by atoms with van der Waals surface area (Å²) >= 11 is 0. The first-order chi connectivity index (χ1) is 7.24. The standard InChI is InChI=1S/C9H17N5O.HI/c1-7-8(6-13-14-7)5-12-9(10)11-3-4-15-2;/h6H,3-5H2,1-2H3,(H,13,14)(H3,10,11,12);1H. The first-order valence-corrected chi connectivity index (χ1v) is 4.75. The molecule has 0 spiro atoms. The number of aliphatic imine (C=N–C) groups is 1. The van der Waals surface area contributed by atoms with Crippen LogP contribution in [0.25, 0.3) is 0 Å². The van der Waals surface area contributed by atoms with Crippen molar-refractivity contribution in [2.75, 3.05) is 20.3 Å². The molecule has 16 heavy (non-hydrogen) atoms. The van der Waals surface area contributed by atoms with E-state index in [9.17, 15) is 0 Å². The maximum absolute atomic E-state index is 5.63. The minimum atomic E-state index is 0. The Morgan fingerprint density at radius 2 is 2.44 bits per heavy atom. The first kappa shape index (κ1) is 15.2. The van der Waals surface area contributed by atoms with Gasteiger partial charge in [-0.05, 0) is 6.92 Å². The van der Waals surface area contributed by atoms with Crippen LogP contribution in [0.4, 0.5) is 0 Å². The van der Waals surface area contributed by atoms with Crippen LogP contribution in [-0.4, -0.2) is 36.4 Å². The van der Waals surface area contributed by atoms with Crippen molar-refractivity contribution >= 4 is 29.9 Å². The van der Waals surface area contributed by atoms with Gasteiger partial charge < -0.3 is 15.8 Å². The molecule has 92 valence electrons. The molecule has 0 amide bonds. The van der Waals surface area contributed by atoms with Gasteiger partial charge >= 0.3 is 0 Å². The lowest BCUT2D eigenvalue weighted by atomic mass is 10.3. The largest absolute Gasteiger partial charge is 0.383 e. The second kappa shape index (κ2) is 8.34. The van der Waals surface area contributed by atoms with Crippen molar-refractivity contribution in [2.24, 2.45) is 10.7 Å². The van der Waals surface area contributed by atoms with E-state index in [2.05, 4.69) is 20.5 Å². The minimum absolute atomic E-state index is 0. The van der Waals surface area contributed by atoms with Gasteiger partial charge in [-0.1, -0.05) is 0 Å². The van der Waals surface area contributed by atoms with Gasteiger partial charge in [0, 0.05) is 24.9 Å². The Labute approximate surface area is 112 Å². The molecule has 0 radical (unpaired) electrons. The average Bonchev–Trinajstić information content (AvgIpc) is 2.61. The number of aryl methyl sites for hydroxylation is 1. The van der Waals surface area contributed by atoms with Gasteiger partial charge in [-0.25, -0.2) is 4.99 Å². The Morgan fingerprint density at radius 1 is 1.69 bits per heavy atom. The van der Waals surface area contributed by atoms with E-state index in [0.29, 0.717) is 25.7 Å². The molecule has 0 bridgehead atoms. The van der Waals surface area contributed by atoms with Gasteiger partial charge in [0.2, 0.25) is 0 Å². The number of guanidine groups is 1. The smallest absolute Gasteiger partial charge is 0.189 e. The predicted octanol–water partition coefficient (Wildman–Crippen LogP) is 0.387. The number of nitrogens with two attached hydrogens (primary N) is 1. The number of nitrogens with one attached hydrogen (secondary N) is 2. The van der Waals surface area contributed by atoms with Crippen LogP contribution in [0, 0.1) is 6.92 Å². The number of methoxy groups -OCH3 is 1. The third kappa shape index (κ3) is 5.31. The number of ether oxygens (including phenoxy) is 1. The molecule has 1 aromatic rings. The first-order valence-electron chi connectivity index (χ1n) is 4.75. The molecular formula is C9H18IN5O. The van der Waals surface area contributed by atoms with E-state index in [0.717, 1.165) is 11.3 Å². The van der Waals surface area contributed by atoms with Crippen molar-refractivity contribution < 1.29 is 4.74 Å². The van der Waals surface area contributed by atoms with Crippen LogP contribution in [0.15, 0.2) is 11.2 Å². The fourth-order valence-electron chi connectivity index (χ4n) is 1.04. The van der Waals surface area contributed by atoms with E-state index in [1.165, 1.54) is 0 Å². The molecule has 0 aromatic carbocycles. The van der Waals surface area contributed by atoms with Crippen molar-refractivity contribution in [1.82, 2.24) is 15.5 Å². The highest BCUT2D eigenvalue weighted by atomic mass is 127. The van der Waals surface area contributed by atoms with Crippen molar-refractivity contribution in [3.05, 3.63) is 17.5 Å². The Morgan fingerprint density at radius 3 is 3.00 bits per heavy atom. The van der Waals surface area contributed by atoms with Crippen molar-refractivity contribution in [2.45, 2.75) is 13.5 Å². The van der Waals surface area contributed by atoms with Gasteiger partial charge in [-0.15, -0.1) is 24.0 Å². The number of rotatable bonds is 5. The SMILES string of the molecule is COCCNC(N)=NCc1cn[nH]c1C.I. The van der Waals surface area contributed by atoms with Gasteiger partial charge in [0.05, 0.1) is 19.3 Å². The van der Waals surface area contributed by atoms with Gasteiger partial charge in [-0.3, -0.25) is 5.10 Å². The van der Waals surface area contributed by atoms with Gasteiger partial charge in [-0.2, -0.15) is 5.10 Å². The molecule has 1 rings (SSSR count). The van der Waals surface area contributed by atoms with Gasteiger partial charge in [0.25, 0.3) is 0 Å². The Hall–Kier alpha value is -0.830. The number of aromatic nitrogens is 2. The summed E-state index contributed by atoms with van der Waals surface area (Å²) in [6.45, 7) is 3.76. The lowest BCUT2D eigenvalue weighted by Crippen LogP contribution is -2.34. The zero-order valence-electron chi connectivity index (χ0n) is 9.49. The summed E-state index contributed by atoms with van der Waals surface area (Å²) in [5, 5.41) is 9.68. The van der Waals surface area contributed by atoms with Gasteiger partial charge in [0.15, 0.2) is 5.96 Å². The van der Waals surface area contributed by atoms with Crippen LogP contribution in [0.2, 0.25) is 0 Å². The average molecular weight is 339 g/mol. The Kier molecular flexibility index (Phi) is 7.90. The lowest BCUT2D eigenvalue weighted by Gasteiger charge is -2.03. The highest BCUT2D eigenvalue weighted by molar-refractivity contribution is 14.0. The van der Waals surface area contributed by atoms with E-state index >= 15 is 0 Å². The highest BCUT2D eigenvalue weighted by Crippen LogP contribution is 2.03. The van der Waals surface area contributed by atoms with E-state index < -0.39 is 0 Å². The number of aromatic amines is 1. The van der Waals surface area contributed by atoms with Crippen LogP contribution < -0.4 is 11.1 Å². The van der Waals surface area contributed by atoms with Crippen molar-refractivity contribution in [1.29, 1.82) is 0 Å². The number of hydrogen-bond donors (Lipinski definition) is 3. The molecular weight excluding hydrogens is 321 g/mol. The normalized spacial score (nSPS) is 11.0. The van der Waals surface area contributed by atoms with Crippen LogP contribution >= 0.6 is 24.0 Å². The molecule has 7 heteroatoms. The fourth-order valence-corrected chi connectivity index (χ4v) is 1.04. The second-order valence-corrected chi connectivity index (χ2v) is 3.14. The number of nitrogens with zero attached hydrogens (tertiary/aromatic N) is 2. The molecule has 0 aliphatic heterocycles. The van der Waals surface area contributed by atoms with E-state index in [1.807, 2.05) is 6.92 Å². The summed E-state index contributed by atoms with van der Waals surface area (Å²) in [4.78, 5) is 4.17. The summed E-state index contributed by atoms with van der Waals surface area (Å²) < 4.78 is 4.87. The molecule has 0 saturated carbocycles. The van der Waals surface area contributed by atoms with Crippen molar-refractivity contribution in [3.8, 4) is 0 Å². The lowest BCUT2D eigenvalue weighted by molar-refractivity contribution is 0.204. The highest BCUT2D eigenvalue weighted by Gasteiger charge is 1.98. The van der Waals surface area contributed by atoms with Crippen LogP contribution in [0.5, 0.6) is 0 Å². The van der Waals surface area contributed by atoms with E-state index in [-0.39, 0.29) is 24.0 Å². The Bertz CT molecular complexity index is 325. The zero-order valence-corrected chi connectivity index (χ0v) is 11.8. The number of hydrogen-bond acceptors (Lipinski definition) is 3. The zero-order chi connectivity index (χ0) is 11.1. The molecule has 0 unspecified atom stereocenters. The molecule has 4 N–H and O–H groups in total. The van der Waals surface area contributed by atoms with Crippen LogP contribution in [0.3, 0.4) is 0 Å². The molecule has 0 aliphatic carbocycles. The maximum atomic E-state index is 5.63. The maximum Gasteiger partial charge on any atom is 0.189 e. The second-order valence-electron chi connectivity index (χ2n) is 3.14. The van der Waals surface area contributed by atoms with E-state index in [4.69, 9.17) is 10.5 Å². The summed E-state index contributed by atoms with van der Waals surface area (Å²) in [5.41, 5.74) is 7.70. The third-order valence-corrected chi connectivity index (χ3v) is 1.97. The number of H-pyrrole nitrogens is 1. The predicted molar refractivity (Wildman–Crippen MR) is 73.9 cm³/mol. The van der Waals surface area contributed by atoms with Crippen molar-refractivity contribution in [3.63, 3.8) is 0 Å². The summed E-state index contributed by atoms with van der Waals surface area (Å²) in [6, 6.07) is 0. The molecule has 6 nitrogen and oxygen atoms in total. The quantitative estimate of drug-likeness (QED) is 0.313. The summed E-state index contributed by atoms with van der Waals surface area (Å²) in [7, 11) is 1.64. The monoisotopic (exact) mass is 339 g/mol. The molecule has 1 aromatic heterocycles. The van der Waals surface area contributed by atoms with Crippen LogP contribution in [-0.2, 0) is 11.3 Å². The molecule has 0 atom stereocenters. The molecule has 0 aliphatic rings. The molecule has 0 saturated heterocycles. The number of halogens is 1. The molecule has 0 fully saturated rings. The minimum Gasteiger partial charge on any atom is -0.383 e. The summed E-state index contributed by atoms with van der Waals surface area (Å²) in [6.07, 6.45) is 1.75.